The molecule has 3 rings (SSSR count). The molecule has 2 N–H and O–H groups in total. The number of nitrogens with one attached hydrogen (secondary N) is 2. The minimum atomic E-state index is -0.114. The fourth-order valence-corrected chi connectivity index (χ4v) is 3.46. The summed E-state index contributed by atoms with van der Waals surface area (Å²) in [5.74, 6) is 0.634. The van der Waals surface area contributed by atoms with E-state index in [0.29, 0.717) is 13.1 Å². The van der Waals surface area contributed by atoms with Crippen molar-refractivity contribution in [3.63, 3.8) is 0 Å². The lowest BCUT2D eigenvalue weighted by atomic mass is 9.95. The first-order valence-electron chi connectivity index (χ1n) is 9.45. The number of aliphatic imine (C=N–C) groups is 1. The minimum Gasteiger partial charge on any atom is -0.356 e. The monoisotopic (exact) mass is 368 g/mol. The van der Waals surface area contributed by atoms with Crippen molar-refractivity contribution in [2.45, 2.75) is 31.3 Å². The molecule has 0 aromatic heterocycles. The van der Waals surface area contributed by atoms with Gasteiger partial charge in [0.05, 0.1) is 0 Å². The molecule has 0 saturated heterocycles. The average molecular weight is 369 g/mol. The van der Waals surface area contributed by atoms with E-state index in [-0.39, 0.29) is 11.2 Å². The maximum Gasteiger partial charge on any atom is 0.191 e. The van der Waals surface area contributed by atoms with Gasteiger partial charge in [-0.05, 0) is 49.7 Å². The highest BCUT2D eigenvalue weighted by molar-refractivity contribution is 5.79. The lowest BCUT2D eigenvalue weighted by Gasteiger charge is -2.20. The Morgan fingerprint density at radius 2 is 1.70 bits per heavy atom. The van der Waals surface area contributed by atoms with Crippen molar-refractivity contribution in [2.75, 3.05) is 27.7 Å². The summed E-state index contributed by atoms with van der Waals surface area (Å²) < 4.78 is 14.2. The van der Waals surface area contributed by atoms with Crippen LogP contribution in [-0.2, 0) is 18.5 Å². The molecule has 0 atom stereocenters. The molecular weight excluding hydrogens is 339 g/mol. The van der Waals surface area contributed by atoms with Crippen molar-refractivity contribution in [1.82, 2.24) is 15.5 Å². The van der Waals surface area contributed by atoms with Crippen LogP contribution in [0.4, 0.5) is 4.39 Å². The highest BCUT2D eigenvalue weighted by atomic mass is 19.1. The molecule has 1 aliphatic rings. The SMILES string of the molecule is CN=C(NCc1ccccc1CN(C)C)NCC1(c2ccccc2F)CC1. The van der Waals surface area contributed by atoms with Gasteiger partial charge in [0.25, 0.3) is 0 Å². The summed E-state index contributed by atoms with van der Waals surface area (Å²) in [4.78, 5) is 6.49. The molecule has 0 heterocycles. The van der Waals surface area contributed by atoms with Crippen LogP contribution in [0.5, 0.6) is 0 Å². The molecule has 27 heavy (non-hydrogen) atoms. The van der Waals surface area contributed by atoms with Gasteiger partial charge in [-0.2, -0.15) is 0 Å². The van der Waals surface area contributed by atoms with Crippen molar-refractivity contribution in [1.29, 1.82) is 0 Å². The molecule has 0 unspecified atom stereocenters. The van der Waals surface area contributed by atoms with Crippen LogP contribution in [0.25, 0.3) is 0 Å². The first-order chi connectivity index (χ1) is 13.0. The van der Waals surface area contributed by atoms with Crippen LogP contribution >= 0.6 is 0 Å². The van der Waals surface area contributed by atoms with Crippen LogP contribution < -0.4 is 10.6 Å². The second-order valence-electron chi connectivity index (χ2n) is 7.55. The molecule has 2 aromatic rings. The van der Waals surface area contributed by atoms with Crippen LogP contribution in [0, 0.1) is 5.82 Å². The van der Waals surface area contributed by atoms with Gasteiger partial charge in [0.1, 0.15) is 5.82 Å². The number of rotatable bonds is 7. The molecule has 0 amide bonds. The Bertz CT molecular complexity index is 796. The summed E-state index contributed by atoms with van der Waals surface area (Å²) in [6.45, 7) is 2.30. The lowest BCUT2D eigenvalue weighted by molar-refractivity contribution is 0.400. The van der Waals surface area contributed by atoms with Gasteiger partial charge in [-0.1, -0.05) is 42.5 Å². The van der Waals surface area contributed by atoms with E-state index >= 15 is 0 Å². The van der Waals surface area contributed by atoms with Gasteiger partial charge in [0.15, 0.2) is 5.96 Å². The van der Waals surface area contributed by atoms with E-state index < -0.39 is 0 Å². The van der Waals surface area contributed by atoms with Crippen molar-refractivity contribution in [3.8, 4) is 0 Å². The first-order valence-corrected chi connectivity index (χ1v) is 9.45. The fourth-order valence-electron chi connectivity index (χ4n) is 3.46. The smallest absolute Gasteiger partial charge is 0.191 e. The quantitative estimate of drug-likeness (QED) is 0.582. The maximum absolute atomic E-state index is 14.2. The minimum absolute atomic E-state index is 0.105. The topological polar surface area (TPSA) is 39.7 Å². The van der Waals surface area contributed by atoms with Gasteiger partial charge in [-0.25, -0.2) is 4.39 Å². The Hall–Kier alpha value is -2.40. The van der Waals surface area contributed by atoms with E-state index in [9.17, 15) is 4.39 Å². The van der Waals surface area contributed by atoms with Gasteiger partial charge in [-0.15, -0.1) is 0 Å². The fraction of sp³-hybridized carbons (Fsp3) is 0.409. The summed E-state index contributed by atoms with van der Waals surface area (Å²) >= 11 is 0. The predicted molar refractivity (Wildman–Crippen MR) is 109 cm³/mol. The van der Waals surface area contributed by atoms with E-state index in [4.69, 9.17) is 0 Å². The van der Waals surface area contributed by atoms with E-state index in [1.54, 1.807) is 19.2 Å². The number of hydrogen-bond acceptors (Lipinski definition) is 2. The van der Waals surface area contributed by atoms with Crippen LogP contribution in [0.1, 0.15) is 29.5 Å². The van der Waals surface area contributed by atoms with Gasteiger partial charge in [-0.3, -0.25) is 4.99 Å². The summed E-state index contributed by atoms with van der Waals surface area (Å²) in [6, 6.07) is 15.5. The molecule has 2 aromatic carbocycles. The molecule has 1 fully saturated rings. The third-order valence-corrected chi connectivity index (χ3v) is 5.17. The maximum atomic E-state index is 14.2. The number of guanidine groups is 1. The normalized spacial score (nSPS) is 15.7. The standard InChI is InChI=1S/C22H29FN4/c1-24-21(25-14-17-8-4-5-9-18(17)15-27(2)3)26-16-22(12-13-22)19-10-6-7-11-20(19)23/h4-11H,12-16H2,1-3H3,(H2,24,25,26). The lowest BCUT2D eigenvalue weighted by Crippen LogP contribution is -2.41. The number of benzene rings is 2. The third-order valence-electron chi connectivity index (χ3n) is 5.17. The second-order valence-corrected chi connectivity index (χ2v) is 7.55. The Balaban J connectivity index is 1.59. The van der Waals surface area contributed by atoms with Crippen LogP contribution in [0.3, 0.4) is 0 Å². The predicted octanol–water partition coefficient (Wildman–Crippen LogP) is 3.28. The molecule has 0 radical (unpaired) electrons. The molecule has 0 bridgehead atoms. The average Bonchev–Trinajstić information content (AvgIpc) is 3.44. The highest BCUT2D eigenvalue weighted by Crippen LogP contribution is 2.48. The third kappa shape index (κ3) is 4.86. The summed E-state index contributed by atoms with van der Waals surface area (Å²) in [5.41, 5.74) is 3.26. The Morgan fingerprint density at radius 3 is 2.33 bits per heavy atom. The van der Waals surface area contributed by atoms with Crippen LogP contribution in [0.2, 0.25) is 0 Å². The van der Waals surface area contributed by atoms with Gasteiger partial charge in [0.2, 0.25) is 0 Å². The Morgan fingerprint density at radius 1 is 1.04 bits per heavy atom. The van der Waals surface area contributed by atoms with Crippen LogP contribution in [0.15, 0.2) is 53.5 Å². The zero-order chi connectivity index (χ0) is 19.3. The molecular formula is C22H29FN4. The Labute approximate surface area is 161 Å². The number of hydrogen-bond donors (Lipinski definition) is 2. The molecule has 4 nitrogen and oxygen atoms in total. The van der Waals surface area contributed by atoms with E-state index in [2.05, 4.69) is 58.9 Å². The number of nitrogens with zero attached hydrogens (tertiary/aromatic N) is 2. The van der Waals surface area contributed by atoms with Gasteiger partial charge < -0.3 is 15.5 Å². The van der Waals surface area contributed by atoms with E-state index in [1.165, 1.54) is 11.1 Å². The highest BCUT2D eigenvalue weighted by Gasteiger charge is 2.45. The largest absolute Gasteiger partial charge is 0.356 e. The zero-order valence-corrected chi connectivity index (χ0v) is 16.4. The number of halogens is 1. The molecule has 144 valence electrons. The molecule has 5 heteroatoms. The van der Waals surface area contributed by atoms with E-state index in [0.717, 1.165) is 30.9 Å². The first kappa shape index (κ1) is 19.4. The molecule has 0 spiro atoms. The van der Waals surface area contributed by atoms with E-state index in [1.807, 2.05) is 12.1 Å². The van der Waals surface area contributed by atoms with Crippen molar-refractivity contribution in [2.24, 2.45) is 4.99 Å². The Kier molecular flexibility index (Phi) is 6.11. The van der Waals surface area contributed by atoms with Crippen molar-refractivity contribution >= 4 is 5.96 Å². The van der Waals surface area contributed by atoms with Gasteiger partial charge >= 0.3 is 0 Å². The van der Waals surface area contributed by atoms with Crippen LogP contribution in [-0.4, -0.2) is 38.5 Å². The van der Waals surface area contributed by atoms with Crippen molar-refractivity contribution in [3.05, 3.63) is 71.0 Å². The zero-order valence-electron chi connectivity index (χ0n) is 16.4. The molecule has 1 saturated carbocycles. The van der Waals surface area contributed by atoms with Crippen molar-refractivity contribution < 1.29 is 4.39 Å². The summed E-state index contributed by atoms with van der Waals surface area (Å²) in [7, 11) is 5.91. The summed E-state index contributed by atoms with van der Waals surface area (Å²) in [5, 5.41) is 6.78. The molecule has 0 aliphatic heterocycles. The van der Waals surface area contributed by atoms with Gasteiger partial charge in [0, 0.05) is 32.1 Å². The summed E-state index contributed by atoms with van der Waals surface area (Å²) in [6.07, 6.45) is 2.01. The second kappa shape index (κ2) is 8.53. The molecule has 1 aliphatic carbocycles.